The summed E-state index contributed by atoms with van der Waals surface area (Å²) in [5.41, 5.74) is 0. The fraction of sp³-hybridized carbons (Fsp3) is 0.579. The number of carbonyl (C=O) groups excluding carboxylic acids is 1. The highest BCUT2D eigenvalue weighted by Gasteiger charge is 2.04. The van der Waals surface area contributed by atoms with Crippen LogP contribution in [-0.4, -0.2) is 30.1 Å². The average molecular weight is 370 g/mol. The van der Waals surface area contributed by atoms with Gasteiger partial charge in [-0.05, 0) is 25.0 Å². The van der Waals surface area contributed by atoms with Crippen LogP contribution in [0.4, 0.5) is 0 Å². The van der Waals surface area contributed by atoms with E-state index < -0.39 is 5.97 Å². The normalized spacial score (nSPS) is 10.4. The molecule has 0 atom stereocenters. The number of para-hydroxylation sites is 1. The molecular formula is C19H28ClNO4. The molecule has 0 bridgehead atoms. The van der Waals surface area contributed by atoms with Crippen LogP contribution in [0.25, 0.3) is 0 Å². The molecule has 140 valence electrons. The lowest BCUT2D eigenvalue weighted by Gasteiger charge is -2.08. The zero-order chi connectivity index (χ0) is 18.3. The number of aliphatic carboxylic acids is 1. The lowest BCUT2D eigenvalue weighted by molar-refractivity contribution is -0.137. The first-order chi connectivity index (χ1) is 12.1. The molecule has 1 aromatic carbocycles. The number of unbranched alkanes of at least 4 members (excludes halogenated alkanes) is 7. The Hall–Kier alpha value is -1.75. The van der Waals surface area contributed by atoms with Crippen LogP contribution in [-0.2, 0) is 9.59 Å². The third-order valence-corrected chi connectivity index (χ3v) is 4.15. The van der Waals surface area contributed by atoms with E-state index in [2.05, 4.69) is 5.32 Å². The smallest absolute Gasteiger partial charge is 0.303 e. The second kappa shape index (κ2) is 13.5. The summed E-state index contributed by atoms with van der Waals surface area (Å²) < 4.78 is 5.37. The molecule has 25 heavy (non-hydrogen) atoms. The molecule has 0 aromatic heterocycles. The van der Waals surface area contributed by atoms with Crippen molar-refractivity contribution in [3.8, 4) is 5.75 Å². The second-order valence-corrected chi connectivity index (χ2v) is 6.45. The van der Waals surface area contributed by atoms with E-state index in [1.54, 1.807) is 12.1 Å². The minimum Gasteiger partial charge on any atom is -0.482 e. The van der Waals surface area contributed by atoms with Gasteiger partial charge in [0.1, 0.15) is 5.75 Å². The topological polar surface area (TPSA) is 75.6 Å². The highest BCUT2D eigenvalue weighted by atomic mass is 35.5. The number of ether oxygens (including phenoxy) is 1. The van der Waals surface area contributed by atoms with E-state index in [-0.39, 0.29) is 18.9 Å². The molecule has 1 amide bonds. The Labute approximate surface area is 154 Å². The van der Waals surface area contributed by atoms with Gasteiger partial charge in [-0.1, -0.05) is 62.3 Å². The van der Waals surface area contributed by atoms with E-state index in [0.717, 1.165) is 51.4 Å². The van der Waals surface area contributed by atoms with Crippen molar-refractivity contribution in [2.45, 2.75) is 57.8 Å². The molecule has 0 fully saturated rings. The Bertz CT molecular complexity index is 522. The predicted octanol–water partition coefficient (Wildman–Crippen LogP) is 4.43. The van der Waals surface area contributed by atoms with Crippen LogP contribution >= 0.6 is 11.6 Å². The monoisotopic (exact) mass is 369 g/mol. The van der Waals surface area contributed by atoms with Gasteiger partial charge >= 0.3 is 5.97 Å². The van der Waals surface area contributed by atoms with Crippen LogP contribution in [0.1, 0.15) is 57.8 Å². The Morgan fingerprint density at radius 3 is 2.20 bits per heavy atom. The van der Waals surface area contributed by atoms with Crippen molar-refractivity contribution in [1.82, 2.24) is 5.32 Å². The van der Waals surface area contributed by atoms with Crippen LogP contribution in [0.15, 0.2) is 24.3 Å². The lowest BCUT2D eigenvalue weighted by Crippen LogP contribution is -2.29. The van der Waals surface area contributed by atoms with Crippen LogP contribution in [0, 0.1) is 0 Å². The van der Waals surface area contributed by atoms with E-state index in [0.29, 0.717) is 17.3 Å². The fourth-order valence-electron chi connectivity index (χ4n) is 2.45. The van der Waals surface area contributed by atoms with Crippen molar-refractivity contribution in [3.05, 3.63) is 29.3 Å². The lowest BCUT2D eigenvalue weighted by atomic mass is 10.1. The molecular weight excluding hydrogens is 342 g/mol. The number of amides is 1. The van der Waals surface area contributed by atoms with Gasteiger partial charge in [-0.2, -0.15) is 0 Å². The number of halogens is 1. The first-order valence-corrected chi connectivity index (χ1v) is 9.33. The summed E-state index contributed by atoms with van der Waals surface area (Å²) in [6.07, 6.45) is 8.64. The van der Waals surface area contributed by atoms with Crippen molar-refractivity contribution >= 4 is 23.5 Å². The highest BCUT2D eigenvalue weighted by molar-refractivity contribution is 6.32. The van der Waals surface area contributed by atoms with Crippen molar-refractivity contribution in [2.75, 3.05) is 13.2 Å². The van der Waals surface area contributed by atoms with Crippen molar-refractivity contribution < 1.29 is 19.4 Å². The summed E-state index contributed by atoms with van der Waals surface area (Å²) in [5.74, 6) is -0.333. The van der Waals surface area contributed by atoms with Gasteiger partial charge in [0.05, 0.1) is 5.02 Å². The fourth-order valence-corrected chi connectivity index (χ4v) is 2.64. The number of carboxylic acids is 1. The molecule has 2 N–H and O–H groups in total. The van der Waals surface area contributed by atoms with Crippen molar-refractivity contribution in [3.63, 3.8) is 0 Å². The van der Waals surface area contributed by atoms with Crippen LogP contribution in [0.3, 0.4) is 0 Å². The van der Waals surface area contributed by atoms with E-state index in [1.165, 1.54) is 0 Å². The van der Waals surface area contributed by atoms with Crippen molar-refractivity contribution in [1.29, 1.82) is 0 Å². The van der Waals surface area contributed by atoms with E-state index >= 15 is 0 Å². The van der Waals surface area contributed by atoms with E-state index in [9.17, 15) is 9.59 Å². The second-order valence-electron chi connectivity index (χ2n) is 6.04. The highest BCUT2D eigenvalue weighted by Crippen LogP contribution is 2.22. The Balaban J connectivity index is 1.90. The SMILES string of the molecule is O=C(O)CCCCCCCCCCNC(=O)COc1ccccc1Cl. The molecule has 0 saturated carbocycles. The minimum absolute atomic E-state index is 0.0277. The number of hydrogen-bond acceptors (Lipinski definition) is 3. The van der Waals surface area contributed by atoms with E-state index in [1.807, 2.05) is 12.1 Å². The van der Waals surface area contributed by atoms with Crippen LogP contribution in [0.5, 0.6) is 5.75 Å². The summed E-state index contributed by atoms with van der Waals surface area (Å²) in [4.78, 5) is 22.1. The molecule has 5 nitrogen and oxygen atoms in total. The third-order valence-electron chi connectivity index (χ3n) is 3.84. The maximum Gasteiger partial charge on any atom is 0.303 e. The average Bonchev–Trinajstić information content (AvgIpc) is 2.58. The number of hydrogen-bond donors (Lipinski definition) is 2. The molecule has 1 aromatic rings. The summed E-state index contributed by atoms with van der Waals surface area (Å²) in [6.45, 7) is 0.628. The Kier molecular flexibility index (Phi) is 11.5. The quantitative estimate of drug-likeness (QED) is 0.475. The molecule has 0 spiro atoms. The molecule has 0 aliphatic rings. The number of carbonyl (C=O) groups is 2. The van der Waals surface area contributed by atoms with Gasteiger partial charge in [0.25, 0.3) is 5.91 Å². The molecule has 0 unspecified atom stereocenters. The Morgan fingerprint density at radius 1 is 0.960 bits per heavy atom. The summed E-state index contributed by atoms with van der Waals surface area (Å²) in [7, 11) is 0. The number of nitrogens with one attached hydrogen (secondary N) is 1. The maximum absolute atomic E-state index is 11.7. The number of rotatable bonds is 14. The summed E-state index contributed by atoms with van der Waals surface area (Å²) in [6, 6.07) is 7.08. The zero-order valence-corrected chi connectivity index (χ0v) is 15.4. The van der Waals surface area contributed by atoms with Crippen LogP contribution < -0.4 is 10.1 Å². The van der Waals surface area contributed by atoms with E-state index in [4.69, 9.17) is 21.4 Å². The minimum atomic E-state index is -0.709. The Morgan fingerprint density at radius 2 is 1.56 bits per heavy atom. The molecule has 6 heteroatoms. The van der Waals surface area contributed by atoms with Gasteiger partial charge in [-0.3, -0.25) is 9.59 Å². The molecule has 0 radical (unpaired) electrons. The molecule has 0 saturated heterocycles. The van der Waals surface area contributed by atoms with Gasteiger partial charge in [-0.15, -0.1) is 0 Å². The first kappa shape index (κ1) is 21.3. The zero-order valence-electron chi connectivity index (χ0n) is 14.6. The molecule has 0 aliphatic heterocycles. The molecule has 1 rings (SSSR count). The van der Waals surface area contributed by atoms with Crippen molar-refractivity contribution in [2.24, 2.45) is 0 Å². The van der Waals surface area contributed by atoms with Gasteiger partial charge in [-0.25, -0.2) is 0 Å². The van der Waals surface area contributed by atoms with Gasteiger partial charge in [0.15, 0.2) is 6.61 Å². The molecule has 0 aliphatic carbocycles. The number of benzene rings is 1. The maximum atomic E-state index is 11.7. The van der Waals surface area contributed by atoms with Gasteiger partial charge < -0.3 is 15.2 Å². The summed E-state index contributed by atoms with van der Waals surface area (Å²) in [5, 5.41) is 11.9. The number of carboxylic acid groups (broad SMARTS) is 1. The van der Waals surface area contributed by atoms with Gasteiger partial charge in [0.2, 0.25) is 0 Å². The standard InChI is InChI=1S/C19H28ClNO4/c20-16-11-8-9-12-17(16)25-15-18(22)21-14-10-6-4-2-1-3-5-7-13-19(23)24/h8-9,11-12H,1-7,10,13-15H2,(H,21,22)(H,23,24). The third kappa shape index (κ3) is 11.4. The largest absolute Gasteiger partial charge is 0.482 e. The van der Waals surface area contributed by atoms with Gasteiger partial charge in [0, 0.05) is 13.0 Å². The van der Waals surface area contributed by atoms with Crippen LogP contribution in [0.2, 0.25) is 5.02 Å². The first-order valence-electron chi connectivity index (χ1n) is 8.95. The molecule has 0 heterocycles. The predicted molar refractivity (Wildman–Crippen MR) is 99.1 cm³/mol. The summed E-state index contributed by atoms with van der Waals surface area (Å²) >= 11 is 5.95.